The Kier molecular flexibility index (Phi) is 3.72. The molecule has 0 amide bonds. The predicted octanol–water partition coefficient (Wildman–Crippen LogP) is 4.42. The summed E-state index contributed by atoms with van der Waals surface area (Å²) >= 11 is 0. The molecule has 3 aromatic rings. The maximum atomic E-state index is 13.8. The Labute approximate surface area is 142 Å². The fourth-order valence-electron chi connectivity index (χ4n) is 3.56. The summed E-state index contributed by atoms with van der Waals surface area (Å²) < 4.78 is 41.4. The molecule has 2 aromatic carbocycles. The van der Waals surface area contributed by atoms with Crippen LogP contribution in [-0.4, -0.2) is 29.3 Å². The topological polar surface area (TPSA) is 39.3 Å². The van der Waals surface area contributed by atoms with E-state index in [1.165, 1.54) is 6.07 Å². The second kappa shape index (κ2) is 5.81. The molecule has 130 valence electrons. The summed E-state index contributed by atoms with van der Waals surface area (Å²) in [6.07, 6.45) is -4.29. The molecule has 25 heavy (non-hydrogen) atoms. The summed E-state index contributed by atoms with van der Waals surface area (Å²) in [7, 11) is 0. The van der Waals surface area contributed by atoms with E-state index in [-0.39, 0.29) is 11.1 Å². The van der Waals surface area contributed by atoms with Gasteiger partial charge in [-0.25, -0.2) is 0 Å². The first-order valence-corrected chi connectivity index (χ1v) is 8.15. The lowest BCUT2D eigenvalue weighted by Crippen LogP contribution is -2.22. The molecule has 0 aliphatic carbocycles. The minimum Gasteiger partial charge on any atom is -0.391 e. The van der Waals surface area contributed by atoms with Crippen LogP contribution in [0.1, 0.15) is 12.0 Å². The molecule has 0 radical (unpaired) electrons. The number of aliphatic hydroxyl groups excluding tert-OH is 1. The second-order valence-electron chi connectivity index (χ2n) is 6.32. The van der Waals surface area contributed by atoms with Crippen LogP contribution in [0.15, 0.2) is 48.5 Å². The molecular weight excluding hydrogens is 329 g/mol. The third-order valence-corrected chi connectivity index (χ3v) is 4.67. The lowest BCUT2D eigenvalue weighted by atomic mass is 10.0. The number of nitrogens with zero attached hydrogens (tertiary/aromatic N) is 1. The molecule has 3 nitrogen and oxygen atoms in total. The molecule has 0 spiro atoms. The predicted molar refractivity (Wildman–Crippen MR) is 91.6 cm³/mol. The molecule has 1 aromatic heterocycles. The fourth-order valence-corrected chi connectivity index (χ4v) is 3.56. The minimum atomic E-state index is -4.47. The van der Waals surface area contributed by atoms with Crippen molar-refractivity contribution in [2.75, 3.05) is 18.0 Å². The van der Waals surface area contributed by atoms with Gasteiger partial charge in [-0.2, -0.15) is 13.2 Å². The molecule has 1 aliphatic heterocycles. The smallest absolute Gasteiger partial charge is 0.391 e. The van der Waals surface area contributed by atoms with Crippen molar-refractivity contribution in [3.05, 3.63) is 54.1 Å². The maximum absolute atomic E-state index is 13.8. The van der Waals surface area contributed by atoms with Crippen LogP contribution in [-0.2, 0) is 6.18 Å². The molecule has 2 N–H and O–H groups in total. The molecule has 1 fully saturated rings. The molecule has 6 heteroatoms. The number of hydrogen-bond donors (Lipinski definition) is 2. The molecule has 1 saturated heterocycles. The van der Waals surface area contributed by atoms with Gasteiger partial charge >= 0.3 is 6.18 Å². The summed E-state index contributed by atoms with van der Waals surface area (Å²) in [5.74, 6) is 0. The van der Waals surface area contributed by atoms with Gasteiger partial charge in [0.15, 0.2) is 0 Å². The Morgan fingerprint density at radius 2 is 1.76 bits per heavy atom. The zero-order valence-electron chi connectivity index (χ0n) is 13.3. The van der Waals surface area contributed by atoms with E-state index < -0.39 is 17.8 Å². The molecular formula is C19H17F3N2O. The normalized spacial score (nSPS) is 18.2. The zero-order valence-corrected chi connectivity index (χ0v) is 13.3. The van der Waals surface area contributed by atoms with E-state index in [1.54, 1.807) is 42.5 Å². The number of fused-ring (bicyclic) bond motifs is 1. The largest absolute Gasteiger partial charge is 0.419 e. The van der Waals surface area contributed by atoms with E-state index in [0.29, 0.717) is 36.3 Å². The first kappa shape index (κ1) is 16.0. The number of rotatable bonds is 2. The van der Waals surface area contributed by atoms with Crippen molar-refractivity contribution in [2.45, 2.75) is 18.7 Å². The van der Waals surface area contributed by atoms with Gasteiger partial charge in [-0.15, -0.1) is 0 Å². The van der Waals surface area contributed by atoms with E-state index in [2.05, 4.69) is 4.98 Å². The van der Waals surface area contributed by atoms with Crippen molar-refractivity contribution in [1.29, 1.82) is 0 Å². The highest BCUT2D eigenvalue weighted by Crippen LogP contribution is 2.44. The van der Waals surface area contributed by atoms with Crippen molar-refractivity contribution in [3.8, 4) is 11.3 Å². The van der Waals surface area contributed by atoms with Gasteiger partial charge in [0.2, 0.25) is 0 Å². The number of nitrogens with one attached hydrogen (secondary N) is 1. The third kappa shape index (κ3) is 2.76. The number of alkyl halides is 3. The lowest BCUT2D eigenvalue weighted by molar-refractivity contribution is -0.135. The highest BCUT2D eigenvalue weighted by Gasteiger charge is 2.38. The summed E-state index contributed by atoms with van der Waals surface area (Å²) in [6, 6.07) is 13.5. The van der Waals surface area contributed by atoms with Gasteiger partial charge < -0.3 is 15.0 Å². The van der Waals surface area contributed by atoms with Gasteiger partial charge in [0.25, 0.3) is 0 Å². The Bertz CT molecular complexity index is 916. The Hall–Kier alpha value is -2.47. The maximum Gasteiger partial charge on any atom is 0.419 e. The summed E-state index contributed by atoms with van der Waals surface area (Å²) in [5.41, 5.74) is 1.10. The molecule has 2 heterocycles. The van der Waals surface area contributed by atoms with Crippen LogP contribution in [0.2, 0.25) is 0 Å². The van der Waals surface area contributed by atoms with Gasteiger partial charge in [0, 0.05) is 35.2 Å². The fraction of sp³-hybridized carbons (Fsp3) is 0.263. The number of benzene rings is 2. The van der Waals surface area contributed by atoms with Crippen LogP contribution in [0.4, 0.5) is 18.9 Å². The number of para-hydroxylation sites is 2. The lowest BCUT2D eigenvalue weighted by Gasteiger charge is -2.22. The first-order chi connectivity index (χ1) is 11.9. The average molecular weight is 346 g/mol. The highest BCUT2D eigenvalue weighted by molar-refractivity contribution is 5.94. The highest BCUT2D eigenvalue weighted by atomic mass is 19.4. The zero-order chi connectivity index (χ0) is 17.6. The summed E-state index contributed by atoms with van der Waals surface area (Å²) in [4.78, 5) is 4.89. The quantitative estimate of drug-likeness (QED) is 0.721. The van der Waals surface area contributed by atoms with Crippen molar-refractivity contribution >= 4 is 16.6 Å². The number of hydrogen-bond acceptors (Lipinski definition) is 2. The van der Waals surface area contributed by atoms with E-state index in [1.807, 2.05) is 4.90 Å². The van der Waals surface area contributed by atoms with Crippen LogP contribution in [0, 0.1) is 0 Å². The van der Waals surface area contributed by atoms with Gasteiger partial charge in [-0.1, -0.05) is 36.4 Å². The van der Waals surface area contributed by atoms with Crippen LogP contribution in [0.3, 0.4) is 0 Å². The van der Waals surface area contributed by atoms with Crippen LogP contribution in [0.5, 0.6) is 0 Å². The third-order valence-electron chi connectivity index (χ3n) is 4.67. The van der Waals surface area contributed by atoms with Crippen LogP contribution in [0.25, 0.3) is 22.2 Å². The molecule has 0 bridgehead atoms. The molecule has 0 unspecified atom stereocenters. The number of β-amino-alcohol motifs (C(OH)–C–C–N with tert-alkyl or cyclic N) is 1. The SMILES string of the molecule is O[C@H]1CCN(c2ccccc2-c2[nH]c3ccccc3c2C(F)(F)F)C1. The monoisotopic (exact) mass is 346 g/mol. The van der Waals surface area contributed by atoms with Gasteiger partial charge in [0.05, 0.1) is 17.4 Å². The Morgan fingerprint density at radius 3 is 2.48 bits per heavy atom. The number of anilines is 1. The Balaban J connectivity index is 1.94. The van der Waals surface area contributed by atoms with E-state index in [0.717, 1.165) is 0 Å². The Morgan fingerprint density at radius 1 is 1.04 bits per heavy atom. The number of H-pyrrole nitrogens is 1. The number of halogens is 3. The number of aliphatic hydroxyl groups is 1. The van der Waals surface area contributed by atoms with E-state index >= 15 is 0 Å². The number of aromatic nitrogens is 1. The van der Waals surface area contributed by atoms with Gasteiger partial charge in [-0.3, -0.25) is 0 Å². The molecule has 0 saturated carbocycles. The standard InChI is InChI=1S/C19H17F3N2O/c20-19(21,22)17-13-5-1-3-7-15(13)23-18(17)14-6-2-4-8-16(14)24-10-9-12(25)11-24/h1-8,12,23,25H,9-11H2/t12-/m0/s1. The van der Waals surface area contributed by atoms with Crippen LogP contribution < -0.4 is 4.90 Å². The van der Waals surface area contributed by atoms with Crippen molar-refractivity contribution in [3.63, 3.8) is 0 Å². The summed E-state index contributed by atoms with van der Waals surface area (Å²) in [6.45, 7) is 1.05. The molecule has 4 rings (SSSR count). The first-order valence-electron chi connectivity index (χ1n) is 8.15. The summed E-state index contributed by atoms with van der Waals surface area (Å²) in [5, 5.41) is 9.96. The van der Waals surface area contributed by atoms with E-state index in [4.69, 9.17) is 0 Å². The van der Waals surface area contributed by atoms with Gasteiger partial charge in [-0.05, 0) is 18.6 Å². The van der Waals surface area contributed by atoms with Crippen LogP contribution >= 0.6 is 0 Å². The van der Waals surface area contributed by atoms with Crippen molar-refractivity contribution in [1.82, 2.24) is 4.98 Å². The van der Waals surface area contributed by atoms with Crippen molar-refractivity contribution < 1.29 is 18.3 Å². The average Bonchev–Trinajstić information content (AvgIpc) is 3.17. The van der Waals surface area contributed by atoms with E-state index in [9.17, 15) is 18.3 Å². The van der Waals surface area contributed by atoms with Gasteiger partial charge in [0.1, 0.15) is 0 Å². The minimum absolute atomic E-state index is 0.0747. The van der Waals surface area contributed by atoms with Crippen molar-refractivity contribution in [2.24, 2.45) is 0 Å². The number of aromatic amines is 1. The second-order valence-corrected chi connectivity index (χ2v) is 6.32. The molecule has 1 aliphatic rings. The molecule has 1 atom stereocenters.